The van der Waals surface area contributed by atoms with Crippen molar-refractivity contribution >= 4 is 16.9 Å². The van der Waals surface area contributed by atoms with Crippen LogP contribution in [-0.4, -0.2) is 20.2 Å². The van der Waals surface area contributed by atoms with Crippen LogP contribution in [0.25, 0.3) is 10.9 Å². The Balaban J connectivity index is 2.98. The number of nitrogens with zero attached hydrogens (tertiary/aromatic N) is 2. The fourth-order valence-corrected chi connectivity index (χ4v) is 2.06. The van der Waals surface area contributed by atoms with E-state index in [1.807, 2.05) is 0 Å². The van der Waals surface area contributed by atoms with Gasteiger partial charge in [0.1, 0.15) is 6.54 Å². The monoisotopic (exact) mass is 248 g/mol. The quantitative estimate of drug-likeness (QED) is 0.816. The number of rotatable bonds is 2. The van der Waals surface area contributed by atoms with Crippen molar-refractivity contribution in [2.45, 2.75) is 13.5 Å². The number of aryl methyl sites for hydroxylation is 2. The SMILES string of the molecule is Cc1cccc2c(=O)n(CC(=O)O)c(=O)n(C)c12. The van der Waals surface area contributed by atoms with Gasteiger partial charge in [0.15, 0.2) is 0 Å². The molecule has 0 saturated heterocycles. The molecule has 1 N–H and O–H groups in total. The van der Waals surface area contributed by atoms with Gasteiger partial charge in [-0.2, -0.15) is 0 Å². The van der Waals surface area contributed by atoms with E-state index in [0.717, 1.165) is 10.1 Å². The fraction of sp³-hybridized carbons (Fsp3) is 0.250. The minimum absolute atomic E-state index is 0.346. The summed E-state index contributed by atoms with van der Waals surface area (Å²) in [6.45, 7) is 1.16. The number of aliphatic carboxylic acids is 1. The molecule has 1 aromatic heterocycles. The van der Waals surface area contributed by atoms with Crippen LogP contribution in [0.15, 0.2) is 27.8 Å². The zero-order valence-electron chi connectivity index (χ0n) is 10.0. The van der Waals surface area contributed by atoms with Crippen LogP contribution in [-0.2, 0) is 18.4 Å². The summed E-state index contributed by atoms with van der Waals surface area (Å²) in [7, 11) is 1.52. The second-order valence-corrected chi connectivity index (χ2v) is 4.10. The summed E-state index contributed by atoms with van der Waals surface area (Å²) in [4.78, 5) is 34.7. The molecule has 2 aromatic rings. The summed E-state index contributed by atoms with van der Waals surface area (Å²) >= 11 is 0. The lowest BCUT2D eigenvalue weighted by Crippen LogP contribution is -2.41. The Hall–Kier alpha value is -2.37. The Bertz CT molecular complexity index is 755. The van der Waals surface area contributed by atoms with E-state index in [0.29, 0.717) is 10.9 Å². The number of benzene rings is 1. The molecule has 18 heavy (non-hydrogen) atoms. The minimum atomic E-state index is -1.22. The van der Waals surface area contributed by atoms with Crippen molar-refractivity contribution in [3.8, 4) is 0 Å². The Morgan fingerprint density at radius 3 is 2.61 bits per heavy atom. The van der Waals surface area contributed by atoms with Crippen molar-refractivity contribution in [1.29, 1.82) is 0 Å². The molecule has 0 amide bonds. The molecular formula is C12H12N2O4. The maximum atomic E-state index is 12.1. The Kier molecular flexibility index (Phi) is 2.78. The van der Waals surface area contributed by atoms with Crippen molar-refractivity contribution in [3.05, 3.63) is 44.6 Å². The van der Waals surface area contributed by atoms with Crippen LogP contribution in [0.3, 0.4) is 0 Å². The topological polar surface area (TPSA) is 81.3 Å². The maximum absolute atomic E-state index is 12.1. The van der Waals surface area contributed by atoms with Crippen LogP contribution < -0.4 is 11.2 Å². The van der Waals surface area contributed by atoms with E-state index in [-0.39, 0.29) is 0 Å². The van der Waals surface area contributed by atoms with E-state index in [9.17, 15) is 14.4 Å². The number of hydrogen-bond acceptors (Lipinski definition) is 3. The molecule has 0 bridgehead atoms. The maximum Gasteiger partial charge on any atom is 0.331 e. The Labute approximate surface area is 102 Å². The summed E-state index contributed by atoms with van der Waals surface area (Å²) in [5.41, 5.74) is 0.143. The van der Waals surface area contributed by atoms with Gasteiger partial charge in [0.05, 0.1) is 10.9 Å². The summed E-state index contributed by atoms with van der Waals surface area (Å²) in [5.74, 6) is -1.22. The number of hydrogen-bond donors (Lipinski definition) is 1. The van der Waals surface area contributed by atoms with E-state index in [4.69, 9.17) is 5.11 Å². The molecule has 1 aromatic carbocycles. The first-order valence-corrected chi connectivity index (χ1v) is 5.34. The van der Waals surface area contributed by atoms with Gasteiger partial charge in [-0.3, -0.25) is 14.2 Å². The normalized spacial score (nSPS) is 10.8. The zero-order valence-corrected chi connectivity index (χ0v) is 10.0. The third kappa shape index (κ3) is 1.71. The molecule has 0 spiro atoms. The molecule has 0 saturated carbocycles. The minimum Gasteiger partial charge on any atom is -0.480 e. The summed E-state index contributed by atoms with van der Waals surface area (Å²) in [6.07, 6.45) is 0. The standard InChI is InChI=1S/C12H12N2O4/c1-7-4-3-5-8-10(7)13(2)12(18)14(11(8)17)6-9(15)16/h3-5H,6H2,1-2H3,(H,15,16). The predicted molar refractivity (Wildman–Crippen MR) is 65.8 cm³/mol. The predicted octanol–water partition coefficient (Wildman–Crippen LogP) is 0.0932. The molecule has 1 heterocycles. The molecular weight excluding hydrogens is 236 g/mol. The highest BCUT2D eigenvalue weighted by atomic mass is 16.4. The Morgan fingerprint density at radius 1 is 1.33 bits per heavy atom. The number of carboxylic acids is 1. The number of carboxylic acid groups (broad SMARTS) is 1. The molecule has 0 fully saturated rings. The largest absolute Gasteiger partial charge is 0.480 e. The molecule has 0 aliphatic heterocycles. The molecule has 94 valence electrons. The van der Waals surface area contributed by atoms with Gasteiger partial charge in [-0.1, -0.05) is 12.1 Å². The van der Waals surface area contributed by atoms with Gasteiger partial charge < -0.3 is 5.11 Å². The average Bonchev–Trinajstić information content (AvgIpc) is 2.31. The lowest BCUT2D eigenvalue weighted by molar-refractivity contribution is -0.137. The second kappa shape index (κ2) is 4.14. The molecule has 6 nitrogen and oxygen atoms in total. The fourth-order valence-electron chi connectivity index (χ4n) is 2.06. The van der Waals surface area contributed by atoms with Crippen LogP contribution in [0.5, 0.6) is 0 Å². The zero-order chi connectivity index (χ0) is 13.4. The van der Waals surface area contributed by atoms with Gasteiger partial charge in [-0.05, 0) is 18.6 Å². The summed E-state index contributed by atoms with van der Waals surface area (Å²) in [6, 6.07) is 5.08. The number of aromatic nitrogens is 2. The first-order valence-electron chi connectivity index (χ1n) is 5.34. The smallest absolute Gasteiger partial charge is 0.331 e. The number of fused-ring (bicyclic) bond motifs is 1. The lowest BCUT2D eigenvalue weighted by atomic mass is 10.1. The summed E-state index contributed by atoms with van der Waals surface area (Å²) in [5, 5.41) is 9.07. The van der Waals surface area contributed by atoms with Crippen molar-refractivity contribution in [2.75, 3.05) is 0 Å². The van der Waals surface area contributed by atoms with E-state index < -0.39 is 23.8 Å². The highest BCUT2D eigenvalue weighted by molar-refractivity contribution is 5.81. The Morgan fingerprint density at radius 2 is 2.00 bits per heavy atom. The molecule has 0 atom stereocenters. The number of para-hydroxylation sites is 1. The first-order chi connectivity index (χ1) is 8.43. The van der Waals surface area contributed by atoms with Gasteiger partial charge in [0.25, 0.3) is 5.56 Å². The van der Waals surface area contributed by atoms with Crippen molar-refractivity contribution in [3.63, 3.8) is 0 Å². The van der Waals surface area contributed by atoms with Gasteiger partial charge in [0, 0.05) is 7.05 Å². The second-order valence-electron chi connectivity index (χ2n) is 4.10. The molecule has 0 aliphatic carbocycles. The third-order valence-electron chi connectivity index (χ3n) is 2.86. The molecule has 0 radical (unpaired) electrons. The van der Waals surface area contributed by atoms with Gasteiger partial charge in [-0.25, -0.2) is 9.36 Å². The van der Waals surface area contributed by atoms with Crippen LogP contribution in [0.4, 0.5) is 0 Å². The summed E-state index contributed by atoms with van der Waals surface area (Å²) < 4.78 is 2.03. The van der Waals surface area contributed by atoms with Crippen molar-refractivity contribution < 1.29 is 9.90 Å². The van der Waals surface area contributed by atoms with Crippen LogP contribution in [0.2, 0.25) is 0 Å². The van der Waals surface area contributed by atoms with Crippen LogP contribution in [0.1, 0.15) is 5.56 Å². The molecule has 2 rings (SSSR count). The van der Waals surface area contributed by atoms with Crippen molar-refractivity contribution in [2.24, 2.45) is 7.05 Å². The van der Waals surface area contributed by atoms with Crippen LogP contribution in [0, 0.1) is 6.92 Å². The third-order valence-corrected chi connectivity index (χ3v) is 2.86. The highest BCUT2D eigenvalue weighted by Gasteiger charge is 2.13. The van der Waals surface area contributed by atoms with Gasteiger partial charge in [0.2, 0.25) is 0 Å². The van der Waals surface area contributed by atoms with E-state index in [2.05, 4.69) is 0 Å². The molecule has 0 unspecified atom stereocenters. The highest BCUT2D eigenvalue weighted by Crippen LogP contribution is 2.12. The van der Waals surface area contributed by atoms with Gasteiger partial charge >= 0.3 is 11.7 Å². The van der Waals surface area contributed by atoms with E-state index >= 15 is 0 Å². The van der Waals surface area contributed by atoms with E-state index in [1.54, 1.807) is 25.1 Å². The average molecular weight is 248 g/mol. The molecule has 6 heteroatoms. The van der Waals surface area contributed by atoms with E-state index in [1.165, 1.54) is 11.6 Å². The number of carbonyl (C=O) groups is 1. The van der Waals surface area contributed by atoms with Crippen LogP contribution >= 0.6 is 0 Å². The molecule has 0 aliphatic rings. The first kappa shape index (κ1) is 12.1. The van der Waals surface area contributed by atoms with Gasteiger partial charge in [-0.15, -0.1) is 0 Å². The van der Waals surface area contributed by atoms with Crippen molar-refractivity contribution in [1.82, 2.24) is 9.13 Å². The lowest BCUT2D eigenvalue weighted by Gasteiger charge is -2.10.